The van der Waals surface area contributed by atoms with E-state index < -0.39 is 0 Å². The molecule has 0 aliphatic rings. The number of anilines is 1. The van der Waals surface area contributed by atoms with Crippen molar-refractivity contribution >= 4 is 5.69 Å². The van der Waals surface area contributed by atoms with Gasteiger partial charge in [-0.3, -0.25) is 0 Å². The van der Waals surface area contributed by atoms with Crippen LogP contribution in [0.1, 0.15) is 11.1 Å². The number of nitrogens with zero attached hydrogens (tertiary/aromatic N) is 1. The van der Waals surface area contributed by atoms with Gasteiger partial charge in [-0.15, -0.1) is 0 Å². The molecule has 0 radical (unpaired) electrons. The first-order chi connectivity index (χ1) is 9.63. The highest BCUT2D eigenvalue weighted by Gasteiger charge is 2.07. The van der Waals surface area contributed by atoms with Crippen molar-refractivity contribution in [1.29, 1.82) is 0 Å². The lowest BCUT2D eigenvalue weighted by molar-refractivity contribution is 0.415. The molecule has 2 N–H and O–H groups in total. The molecule has 0 aromatic heterocycles. The molecular weight excluding hydrogens is 255 g/mol. The molecule has 2 aromatic carbocycles. The molecule has 0 bridgehead atoms. The highest BCUT2D eigenvalue weighted by Crippen LogP contribution is 2.21. The largest absolute Gasteiger partial charge is 0.497 e. The van der Waals surface area contributed by atoms with E-state index in [9.17, 15) is 4.39 Å². The van der Waals surface area contributed by atoms with Crippen LogP contribution < -0.4 is 15.4 Å². The molecular formula is C16H19FN2O. The Bertz CT molecular complexity index is 569. The zero-order valence-electron chi connectivity index (χ0n) is 11.8. The van der Waals surface area contributed by atoms with Crippen LogP contribution in [-0.4, -0.2) is 14.2 Å². The van der Waals surface area contributed by atoms with Gasteiger partial charge in [-0.05, 0) is 47.5 Å². The van der Waals surface area contributed by atoms with E-state index in [1.807, 2.05) is 36.2 Å². The molecule has 0 unspecified atom stereocenters. The summed E-state index contributed by atoms with van der Waals surface area (Å²) >= 11 is 0. The molecule has 0 fully saturated rings. The van der Waals surface area contributed by atoms with Crippen molar-refractivity contribution < 1.29 is 9.13 Å². The Hall–Kier alpha value is -2.07. The van der Waals surface area contributed by atoms with Crippen LogP contribution in [0.15, 0.2) is 42.5 Å². The number of halogens is 1. The molecule has 2 aromatic rings. The molecule has 0 heterocycles. The molecule has 106 valence electrons. The average Bonchev–Trinajstić information content (AvgIpc) is 2.47. The van der Waals surface area contributed by atoms with Crippen LogP contribution in [-0.2, 0) is 13.1 Å². The van der Waals surface area contributed by atoms with Gasteiger partial charge in [0.25, 0.3) is 0 Å². The summed E-state index contributed by atoms with van der Waals surface area (Å²) in [4.78, 5) is 2.05. The van der Waals surface area contributed by atoms with Gasteiger partial charge in [0.15, 0.2) is 0 Å². The zero-order chi connectivity index (χ0) is 14.5. The monoisotopic (exact) mass is 274 g/mol. The maximum Gasteiger partial charge on any atom is 0.123 e. The molecule has 0 amide bonds. The number of ether oxygens (including phenoxy) is 1. The molecule has 0 aliphatic carbocycles. The Balaban J connectivity index is 2.17. The fourth-order valence-corrected chi connectivity index (χ4v) is 2.12. The van der Waals surface area contributed by atoms with Crippen molar-refractivity contribution in [1.82, 2.24) is 0 Å². The predicted octanol–water partition coefficient (Wildman–Crippen LogP) is 2.93. The summed E-state index contributed by atoms with van der Waals surface area (Å²) in [5.41, 5.74) is 8.61. The summed E-state index contributed by atoms with van der Waals surface area (Å²) in [7, 11) is 3.60. The molecule has 0 saturated heterocycles. The summed E-state index contributed by atoms with van der Waals surface area (Å²) < 4.78 is 18.5. The fraction of sp³-hybridized carbons (Fsp3) is 0.250. The number of nitrogens with two attached hydrogens (primary N) is 1. The SMILES string of the molecule is COc1ccc(N(C)Cc2cc(F)ccc2CN)cc1. The second kappa shape index (κ2) is 6.39. The molecule has 0 aliphatic heterocycles. The molecule has 0 spiro atoms. The van der Waals surface area contributed by atoms with Crippen LogP contribution in [0, 0.1) is 5.82 Å². The van der Waals surface area contributed by atoms with Crippen molar-refractivity contribution in [2.75, 3.05) is 19.1 Å². The Labute approximate surface area is 118 Å². The van der Waals surface area contributed by atoms with Gasteiger partial charge < -0.3 is 15.4 Å². The standard InChI is InChI=1S/C16H19FN2O/c1-19(15-5-7-16(20-2)8-6-15)11-13-9-14(17)4-3-12(13)10-18/h3-9H,10-11,18H2,1-2H3. The molecule has 2 rings (SSSR count). The third-order valence-electron chi connectivity index (χ3n) is 3.31. The quantitative estimate of drug-likeness (QED) is 0.911. The van der Waals surface area contributed by atoms with E-state index in [1.54, 1.807) is 19.2 Å². The Morgan fingerprint density at radius 1 is 1.10 bits per heavy atom. The van der Waals surface area contributed by atoms with Crippen LogP contribution in [0.3, 0.4) is 0 Å². The second-order valence-electron chi connectivity index (χ2n) is 4.67. The zero-order valence-corrected chi connectivity index (χ0v) is 11.8. The lowest BCUT2D eigenvalue weighted by atomic mass is 10.1. The maximum atomic E-state index is 13.4. The highest BCUT2D eigenvalue weighted by atomic mass is 19.1. The maximum absolute atomic E-state index is 13.4. The molecule has 3 nitrogen and oxygen atoms in total. The minimum absolute atomic E-state index is 0.236. The third kappa shape index (κ3) is 3.27. The van der Waals surface area contributed by atoms with Gasteiger partial charge in [0.1, 0.15) is 11.6 Å². The van der Waals surface area contributed by atoms with E-state index in [4.69, 9.17) is 10.5 Å². The summed E-state index contributed by atoms with van der Waals surface area (Å²) in [6.45, 7) is 1.02. The van der Waals surface area contributed by atoms with E-state index in [2.05, 4.69) is 0 Å². The van der Waals surface area contributed by atoms with Crippen LogP contribution in [0.4, 0.5) is 10.1 Å². The first kappa shape index (κ1) is 14.3. The first-order valence-electron chi connectivity index (χ1n) is 6.46. The van der Waals surface area contributed by atoms with Gasteiger partial charge in [0.2, 0.25) is 0 Å². The lowest BCUT2D eigenvalue weighted by Gasteiger charge is -2.21. The Kier molecular flexibility index (Phi) is 4.58. The van der Waals surface area contributed by atoms with Gasteiger partial charge >= 0.3 is 0 Å². The Morgan fingerprint density at radius 3 is 2.40 bits per heavy atom. The van der Waals surface area contributed by atoms with Crippen LogP contribution in [0.25, 0.3) is 0 Å². The highest BCUT2D eigenvalue weighted by molar-refractivity contribution is 5.49. The lowest BCUT2D eigenvalue weighted by Crippen LogP contribution is -2.18. The summed E-state index contributed by atoms with van der Waals surface area (Å²) in [5, 5.41) is 0. The van der Waals surface area contributed by atoms with Crippen molar-refractivity contribution in [2.45, 2.75) is 13.1 Å². The van der Waals surface area contributed by atoms with Crippen molar-refractivity contribution in [3.8, 4) is 5.75 Å². The van der Waals surface area contributed by atoms with Crippen molar-refractivity contribution in [3.63, 3.8) is 0 Å². The van der Waals surface area contributed by atoms with Crippen LogP contribution in [0.2, 0.25) is 0 Å². The minimum Gasteiger partial charge on any atom is -0.497 e. The van der Waals surface area contributed by atoms with Gasteiger partial charge in [0, 0.05) is 25.8 Å². The third-order valence-corrected chi connectivity index (χ3v) is 3.31. The van der Waals surface area contributed by atoms with Gasteiger partial charge in [0.05, 0.1) is 7.11 Å². The van der Waals surface area contributed by atoms with Gasteiger partial charge in [-0.2, -0.15) is 0 Å². The van der Waals surface area contributed by atoms with Crippen LogP contribution in [0.5, 0.6) is 5.75 Å². The average molecular weight is 274 g/mol. The number of rotatable bonds is 5. The van der Waals surface area contributed by atoms with Crippen LogP contribution >= 0.6 is 0 Å². The Morgan fingerprint density at radius 2 is 1.80 bits per heavy atom. The molecule has 0 saturated carbocycles. The number of hydrogen-bond acceptors (Lipinski definition) is 3. The first-order valence-corrected chi connectivity index (χ1v) is 6.46. The summed E-state index contributed by atoms with van der Waals surface area (Å²) in [6, 6.07) is 12.5. The molecule has 4 heteroatoms. The predicted molar refractivity (Wildman–Crippen MR) is 79.4 cm³/mol. The number of benzene rings is 2. The van der Waals surface area contributed by atoms with Crippen molar-refractivity contribution in [2.24, 2.45) is 5.73 Å². The van der Waals surface area contributed by atoms with E-state index in [0.29, 0.717) is 13.1 Å². The van der Waals surface area contributed by atoms with E-state index in [0.717, 1.165) is 22.6 Å². The van der Waals surface area contributed by atoms with E-state index >= 15 is 0 Å². The van der Waals surface area contributed by atoms with Gasteiger partial charge in [-0.25, -0.2) is 4.39 Å². The second-order valence-corrected chi connectivity index (χ2v) is 4.67. The van der Waals surface area contributed by atoms with E-state index in [-0.39, 0.29) is 5.82 Å². The summed E-state index contributed by atoms with van der Waals surface area (Å²) in [6.07, 6.45) is 0. The molecule has 20 heavy (non-hydrogen) atoms. The normalized spacial score (nSPS) is 10.4. The molecule has 0 atom stereocenters. The summed E-state index contributed by atoms with van der Waals surface area (Å²) in [5.74, 6) is 0.580. The number of methoxy groups -OCH3 is 1. The minimum atomic E-state index is -0.236. The van der Waals surface area contributed by atoms with E-state index in [1.165, 1.54) is 6.07 Å². The topological polar surface area (TPSA) is 38.5 Å². The van der Waals surface area contributed by atoms with Crippen molar-refractivity contribution in [3.05, 3.63) is 59.4 Å². The van der Waals surface area contributed by atoms with Gasteiger partial charge in [-0.1, -0.05) is 6.07 Å². The number of hydrogen-bond donors (Lipinski definition) is 1. The fourth-order valence-electron chi connectivity index (χ4n) is 2.12. The smallest absolute Gasteiger partial charge is 0.123 e.